The van der Waals surface area contributed by atoms with Crippen molar-refractivity contribution in [3.63, 3.8) is 0 Å². The lowest BCUT2D eigenvalue weighted by molar-refractivity contribution is 1.25. The number of rotatable bonds is 7. The molecular weight excluding hydrogens is 589 g/mol. The van der Waals surface area contributed by atoms with Gasteiger partial charge in [-0.2, -0.15) is 0 Å². The van der Waals surface area contributed by atoms with E-state index < -0.39 is 0 Å². The Labute approximate surface area is 278 Å². The lowest BCUT2D eigenvalue weighted by Gasteiger charge is -2.12. The van der Waals surface area contributed by atoms with Crippen molar-refractivity contribution in [3.05, 3.63) is 171 Å². The van der Waals surface area contributed by atoms with Crippen molar-refractivity contribution in [1.29, 1.82) is 0 Å². The average molecular weight is 617 g/mol. The third kappa shape index (κ3) is 6.10. The predicted octanol–water partition coefficient (Wildman–Crippen LogP) is 9.73. The molecule has 2 aromatic carbocycles. The maximum Gasteiger partial charge on any atom is 0.0886 e. The van der Waals surface area contributed by atoms with Crippen LogP contribution in [-0.2, 0) is 0 Å². The minimum Gasteiger partial charge on any atom is -0.265 e. The number of benzene rings is 2. The van der Waals surface area contributed by atoms with Gasteiger partial charge in [-0.05, 0) is 153 Å². The second-order valence-corrected chi connectivity index (χ2v) is 11.4. The van der Waals surface area contributed by atoms with Gasteiger partial charge in [0, 0.05) is 73.1 Å². The molecule has 48 heavy (non-hydrogen) atoms. The largest absolute Gasteiger partial charge is 0.265 e. The molecule has 0 radical (unpaired) electrons. The van der Waals surface area contributed by atoms with Crippen LogP contribution in [0.25, 0.3) is 78.1 Å². The number of nitrogens with zero attached hydrogens (tertiary/aromatic N) is 6. The number of hydrogen-bond donors (Lipinski definition) is 0. The van der Waals surface area contributed by atoms with Gasteiger partial charge < -0.3 is 0 Å². The Kier molecular flexibility index (Phi) is 7.79. The summed E-state index contributed by atoms with van der Waals surface area (Å²) in [6.45, 7) is 0. The fourth-order valence-electron chi connectivity index (χ4n) is 5.86. The smallest absolute Gasteiger partial charge is 0.0886 e. The van der Waals surface area contributed by atoms with E-state index in [1.807, 2.05) is 123 Å². The van der Waals surface area contributed by atoms with Crippen LogP contribution >= 0.6 is 0 Å². The van der Waals surface area contributed by atoms with Crippen molar-refractivity contribution in [2.45, 2.75) is 0 Å². The van der Waals surface area contributed by atoms with Crippen LogP contribution in [0.4, 0.5) is 0 Å². The van der Waals surface area contributed by atoms with Crippen LogP contribution < -0.4 is 0 Å². The molecule has 0 aliphatic heterocycles. The van der Waals surface area contributed by atoms with E-state index in [0.29, 0.717) is 0 Å². The third-order valence-corrected chi connectivity index (χ3v) is 8.38. The predicted molar refractivity (Wildman–Crippen MR) is 191 cm³/mol. The average Bonchev–Trinajstić information content (AvgIpc) is 3.19. The van der Waals surface area contributed by atoms with Gasteiger partial charge in [0.2, 0.25) is 0 Å². The van der Waals surface area contributed by atoms with Crippen LogP contribution in [0.1, 0.15) is 0 Å². The highest BCUT2D eigenvalue weighted by Gasteiger charge is 2.11. The molecular formula is C42H28N6. The first kappa shape index (κ1) is 28.8. The van der Waals surface area contributed by atoms with Crippen LogP contribution in [0.2, 0.25) is 0 Å². The van der Waals surface area contributed by atoms with E-state index in [4.69, 9.17) is 9.97 Å². The van der Waals surface area contributed by atoms with E-state index in [-0.39, 0.29) is 0 Å². The van der Waals surface area contributed by atoms with Gasteiger partial charge in [0.05, 0.1) is 11.4 Å². The molecule has 226 valence electrons. The highest BCUT2D eigenvalue weighted by molar-refractivity contribution is 5.82. The van der Waals surface area contributed by atoms with Gasteiger partial charge in [-0.1, -0.05) is 12.1 Å². The van der Waals surface area contributed by atoms with Crippen LogP contribution in [0.5, 0.6) is 0 Å². The van der Waals surface area contributed by atoms with Crippen LogP contribution in [0.15, 0.2) is 171 Å². The minimum absolute atomic E-state index is 0.813. The van der Waals surface area contributed by atoms with Gasteiger partial charge >= 0.3 is 0 Å². The minimum atomic E-state index is 0.813. The van der Waals surface area contributed by atoms with Crippen molar-refractivity contribution in [3.8, 4) is 78.1 Å². The molecule has 0 aliphatic rings. The van der Waals surface area contributed by atoms with E-state index in [9.17, 15) is 0 Å². The summed E-state index contributed by atoms with van der Waals surface area (Å²) >= 11 is 0. The van der Waals surface area contributed by atoms with Crippen LogP contribution in [0.3, 0.4) is 0 Å². The summed E-state index contributed by atoms with van der Waals surface area (Å²) in [5, 5.41) is 0. The molecule has 0 N–H and O–H groups in total. The Morgan fingerprint density at radius 1 is 0.229 bits per heavy atom. The standard InChI is InChI=1S/C42H28N6/c1-3-41(47-27-33(1)39-23-35(29-5-13-43-14-6-29)21-36(24-39)30-7-15-44-16-8-30)42-4-2-34(28-48-42)40-25-37(31-9-17-45-18-10-31)22-38(26-40)32-11-19-46-20-12-32/h1-28H. The van der Waals surface area contributed by atoms with Crippen molar-refractivity contribution >= 4 is 0 Å². The highest BCUT2D eigenvalue weighted by Crippen LogP contribution is 2.35. The lowest BCUT2D eigenvalue weighted by atomic mass is 9.94. The number of pyridine rings is 6. The van der Waals surface area contributed by atoms with E-state index >= 15 is 0 Å². The summed E-state index contributed by atoms with van der Waals surface area (Å²) in [4.78, 5) is 26.5. The molecule has 6 heterocycles. The summed E-state index contributed by atoms with van der Waals surface area (Å²) in [5.41, 5.74) is 14.7. The fourth-order valence-corrected chi connectivity index (χ4v) is 5.86. The molecule has 0 unspecified atom stereocenters. The van der Waals surface area contributed by atoms with E-state index in [0.717, 1.165) is 78.1 Å². The van der Waals surface area contributed by atoms with Gasteiger partial charge in [-0.3, -0.25) is 29.9 Å². The first-order chi connectivity index (χ1) is 23.8. The number of aromatic nitrogens is 6. The molecule has 0 saturated heterocycles. The molecule has 6 heteroatoms. The second-order valence-electron chi connectivity index (χ2n) is 11.4. The van der Waals surface area contributed by atoms with Gasteiger partial charge in [0.25, 0.3) is 0 Å². The van der Waals surface area contributed by atoms with E-state index in [1.54, 1.807) is 0 Å². The van der Waals surface area contributed by atoms with Crippen LogP contribution in [-0.4, -0.2) is 29.9 Å². The maximum absolute atomic E-state index is 4.85. The molecule has 0 atom stereocenters. The van der Waals surface area contributed by atoms with E-state index in [1.165, 1.54) is 0 Å². The van der Waals surface area contributed by atoms with Crippen molar-refractivity contribution < 1.29 is 0 Å². The Morgan fingerprint density at radius 3 is 0.708 bits per heavy atom. The molecule has 0 saturated carbocycles. The Balaban J connectivity index is 1.11. The quantitative estimate of drug-likeness (QED) is 0.177. The van der Waals surface area contributed by atoms with Gasteiger partial charge in [-0.25, -0.2) is 0 Å². The van der Waals surface area contributed by atoms with Gasteiger partial charge in [0.1, 0.15) is 0 Å². The van der Waals surface area contributed by atoms with Crippen molar-refractivity contribution in [2.75, 3.05) is 0 Å². The summed E-state index contributed by atoms with van der Waals surface area (Å²) in [6, 6.07) is 37.7. The number of hydrogen-bond acceptors (Lipinski definition) is 6. The molecule has 6 aromatic heterocycles. The molecule has 8 rings (SSSR count). The highest BCUT2D eigenvalue weighted by atomic mass is 14.8. The van der Waals surface area contributed by atoms with E-state index in [2.05, 4.69) is 68.5 Å². The summed E-state index contributed by atoms with van der Waals surface area (Å²) in [7, 11) is 0. The summed E-state index contributed by atoms with van der Waals surface area (Å²) in [6.07, 6.45) is 18.4. The Hall–Kier alpha value is -6.66. The fraction of sp³-hybridized carbons (Fsp3) is 0. The molecule has 0 amide bonds. The van der Waals surface area contributed by atoms with Crippen molar-refractivity contribution in [2.24, 2.45) is 0 Å². The van der Waals surface area contributed by atoms with Crippen LogP contribution in [0, 0.1) is 0 Å². The molecule has 8 aromatic rings. The Morgan fingerprint density at radius 2 is 0.479 bits per heavy atom. The second kappa shape index (κ2) is 13.0. The van der Waals surface area contributed by atoms with Gasteiger partial charge in [0.15, 0.2) is 0 Å². The zero-order valence-corrected chi connectivity index (χ0v) is 25.8. The topological polar surface area (TPSA) is 77.3 Å². The first-order valence-corrected chi connectivity index (χ1v) is 15.6. The maximum atomic E-state index is 4.85. The first-order valence-electron chi connectivity index (χ1n) is 15.6. The normalized spacial score (nSPS) is 10.9. The molecule has 0 spiro atoms. The SMILES string of the molecule is c1cc(-c2cc(-c3ccncc3)cc(-c3ccc(-c4ccc(-c5cc(-c6ccncc6)cc(-c6ccncc6)c5)cn4)nc3)c2)ccn1. The zero-order valence-electron chi connectivity index (χ0n) is 25.8. The molecule has 0 bridgehead atoms. The monoisotopic (exact) mass is 616 g/mol. The molecule has 6 nitrogen and oxygen atoms in total. The van der Waals surface area contributed by atoms with Crippen molar-refractivity contribution in [1.82, 2.24) is 29.9 Å². The third-order valence-electron chi connectivity index (χ3n) is 8.38. The van der Waals surface area contributed by atoms with Gasteiger partial charge in [-0.15, -0.1) is 0 Å². The summed E-state index contributed by atoms with van der Waals surface area (Å²) in [5.74, 6) is 0. The zero-order chi connectivity index (χ0) is 32.1. The Bertz CT molecular complexity index is 2010. The molecule has 0 fully saturated rings. The summed E-state index contributed by atoms with van der Waals surface area (Å²) < 4.78 is 0. The lowest BCUT2D eigenvalue weighted by Crippen LogP contribution is -1.91. The molecule has 0 aliphatic carbocycles.